The molecule has 0 fully saturated rings. The Hall–Kier alpha value is -3.87. The number of aryl methyl sites for hydroxylation is 1. The molecule has 0 aliphatic carbocycles. The van der Waals surface area contributed by atoms with Gasteiger partial charge >= 0.3 is 6.03 Å². The van der Waals surface area contributed by atoms with Gasteiger partial charge in [-0.2, -0.15) is 0 Å². The smallest absolute Gasteiger partial charge is 0.323 e. The van der Waals surface area contributed by atoms with Crippen LogP contribution in [0.2, 0.25) is 0 Å². The number of amides is 2. The topological polar surface area (TPSA) is 97.3 Å². The molecule has 2 amide bonds. The summed E-state index contributed by atoms with van der Waals surface area (Å²) in [4.78, 5) is 20.9. The molecule has 0 saturated heterocycles. The van der Waals surface area contributed by atoms with Gasteiger partial charge in [-0.1, -0.05) is 30.3 Å². The first-order chi connectivity index (χ1) is 13.1. The molecule has 7 nitrogen and oxygen atoms in total. The number of nitrogen functional groups attached to an aromatic ring is 1. The number of para-hydroxylation sites is 1. The number of fused-ring (bicyclic) bond motifs is 1. The lowest BCUT2D eigenvalue weighted by Crippen LogP contribution is -2.19. The van der Waals surface area contributed by atoms with Gasteiger partial charge in [-0.25, -0.2) is 14.8 Å². The molecule has 2 aromatic heterocycles. The van der Waals surface area contributed by atoms with Gasteiger partial charge in [0.05, 0.1) is 0 Å². The second-order valence-corrected chi connectivity index (χ2v) is 6.06. The van der Waals surface area contributed by atoms with Crippen molar-refractivity contribution in [3.63, 3.8) is 0 Å². The van der Waals surface area contributed by atoms with E-state index in [0.29, 0.717) is 11.5 Å². The van der Waals surface area contributed by atoms with Crippen LogP contribution in [0.3, 0.4) is 0 Å². The molecule has 0 unspecified atom stereocenters. The first-order valence-electron chi connectivity index (χ1n) is 8.44. The molecule has 2 heterocycles. The lowest BCUT2D eigenvalue weighted by atomic mass is 10.1. The monoisotopic (exact) mass is 358 g/mol. The fraction of sp³-hybridized carbons (Fsp3) is 0.0500. The molecule has 27 heavy (non-hydrogen) atoms. The summed E-state index contributed by atoms with van der Waals surface area (Å²) >= 11 is 0. The van der Waals surface area contributed by atoms with Crippen LogP contribution < -0.4 is 16.4 Å². The highest BCUT2D eigenvalue weighted by atomic mass is 16.2. The zero-order valence-electron chi connectivity index (χ0n) is 14.7. The van der Waals surface area contributed by atoms with Crippen LogP contribution in [0.5, 0.6) is 0 Å². The van der Waals surface area contributed by atoms with Gasteiger partial charge < -0.3 is 16.4 Å². The molecular weight excluding hydrogens is 340 g/mol. The molecule has 4 N–H and O–H groups in total. The Morgan fingerprint density at radius 1 is 1.00 bits per heavy atom. The first-order valence-corrected chi connectivity index (χ1v) is 8.44. The van der Waals surface area contributed by atoms with E-state index in [4.69, 9.17) is 5.73 Å². The normalized spacial score (nSPS) is 10.7. The molecule has 4 rings (SSSR count). The zero-order chi connectivity index (χ0) is 18.8. The number of aromatic nitrogens is 3. The van der Waals surface area contributed by atoms with Crippen LogP contribution >= 0.6 is 0 Å². The zero-order valence-corrected chi connectivity index (χ0v) is 14.7. The maximum absolute atomic E-state index is 12.1. The number of nitrogens with zero attached hydrogens (tertiary/aromatic N) is 3. The number of hydrogen-bond donors (Lipinski definition) is 3. The number of urea groups is 1. The van der Waals surface area contributed by atoms with Crippen LogP contribution in [0, 0.1) is 6.92 Å². The standard InChI is InChI=1S/C20H18N6O/c1-13-23-17(18-19(21)22-11-12-26(13)18)14-7-9-16(10-8-14)25-20(27)24-15-5-3-2-4-6-15/h2-12H,1H3,(H2,21,22)(H2,24,25,27). The van der Waals surface area contributed by atoms with Crippen molar-refractivity contribution in [2.24, 2.45) is 0 Å². The van der Waals surface area contributed by atoms with Gasteiger partial charge in [0.15, 0.2) is 0 Å². The number of hydrogen-bond acceptors (Lipinski definition) is 4. The van der Waals surface area contributed by atoms with Crippen LogP contribution in [-0.4, -0.2) is 20.4 Å². The summed E-state index contributed by atoms with van der Waals surface area (Å²) in [7, 11) is 0. The molecule has 0 atom stereocenters. The third-order valence-corrected chi connectivity index (χ3v) is 4.21. The van der Waals surface area contributed by atoms with Crippen molar-refractivity contribution in [3.8, 4) is 11.3 Å². The van der Waals surface area contributed by atoms with Crippen LogP contribution in [0.15, 0.2) is 67.0 Å². The lowest BCUT2D eigenvalue weighted by Gasteiger charge is -2.08. The number of carbonyl (C=O) groups is 1. The van der Waals surface area contributed by atoms with E-state index < -0.39 is 0 Å². The SMILES string of the molecule is Cc1nc(-c2ccc(NC(=O)Nc3ccccc3)cc2)c2c(N)nccn12. The Kier molecular flexibility index (Phi) is 4.18. The average molecular weight is 358 g/mol. The molecule has 2 aromatic carbocycles. The van der Waals surface area contributed by atoms with Crippen molar-refractivity contribution in [3.05, 3.63) is 72.8 Å². The second kappa shape index (κ2) is 6.80. The molecule has 0 radical (unpaired) electrons. The summed E-state index contributed by atoms with van der Waals surface area (Å²) in [6.07, 6.45) is 3.49. The summed E-state index contributed by atoms with van der Waals surface area (Å²) < 4.78 is 1.91. The van der Waals surface area contributed by atoms with Gasteiger partial charge in [-0.3, -0.25) is 4.40 Å². The van der Waals surface area contributed by atoms with Crippen molar-refractivity contribution < 1.29 is 4.79 Å². The first kappa shape index (κ1) is 16.6. The minimum Gasteiger partial charge on any atom is -0.382 e. The largest absolute Gasteiger partial charge is 0.382 e. The number of anilines is 3. The van der Waals surface area contributed by atoms with E-state index in [9.17, 15) is 4.79 Å². The fourth-order valence-electron chi connectivity index (χ4n) is 2.94. The Balaban J connectivity index is 1.55. The molecule has 0 bridgehead atoms. The fourth-order valence-corrected chi connectivity index (χ4v) is 2.94. The molecule has 0 aliphatic rings. The maximum Gasteiger partial charge on any atom is 0.323 e. The van der Waals surface area contributed by atoms with E-state index in [-0.39, 0.29) is 6.03 Å². The van der Waals surface area contributed by atoms with E-state index in [1.54, 1.807) is 6.20 Å². The summed E-state index contributed by atoms with van der Waals surface area (Å²) in [5.74, 6) is 1.26. The number of benzene rings is 2. The van der Waals surface area contributed by atoms with Crippen molar-refractivity contribution in [2.45, 2.75) is 6.92 Å². The van der Waals surface area contributed by atoms with Crippen molar-refractivity contribution in [1.29, 1.82) is 0 Å². The minimum atomic E-state index is -0.300. The minimum absolute atomic E-state index is 0.300. The number of imidazole rings is 1. The van der Waals surface area contributed by atoms with Crippen LogP contribution in [-0.2, 0) is 0 Å². The summed E-state index contributed by atoms with van der Waals surface area (Å²) in [5, 5.41) is 5.59. The predicted octanol–water partition coefficient (Wildman–Crippen LogP) is 3.93. The number of nitrogens with one attached hydrogen (secondary N) is 2. The summed E-state index contributed by atoms with van der Waals surface area (Å²) in [6.45, 7) is 1.92. The van der Waals surface area contributed by atoms with E-state index >= 15 is 0 Å². The molecule has 0 spiro atoms. The summed E-state index contributed by atoms with van der Waals surface area (Å²) in [6, 6.07) is 16.4. The predicted molar refractivity (Wildman–Crippen MR) is 107 cm³/mol. The molecule has 4 aromatic rings. The van der Waals surface area contributed by atoms with Crippen LogP contribution in [0.1, 0.15) is 5.82 Å². The van der Waals surface area contributed by atoms with Gasteiger partial charge in [0.2, 0.25) is 0 Å². The van der Waals surface area contributed by atoms with Crippen molar-refractivity contribution >= 4 is 28.7 Å². The van der Waals surface area contributed by atoms with Gasteiger partial charge in [0.1, 0.15) is 22.9 Å². The van der Waals surface area contributed by atoms with Gasteiger partial charge in [0, 0.05) is 29.3 Å². The average Bonchev–Trinajstić information content (AvgIpc) is 3.01. The van der Waals surface area contributed by atoms with E-state index in [0.717, 1.165) is 28.3 Å². The van der Waals surface area contributed by atoms with Crippen LogP contribution in [0.25, 0.3) is 16.8 Å². The van der Waals surface area contributed by atoms with Gasteiger partial charge in [0.25, 0.3) is 0 Å². The van der Waals surface area contributed by atoms with Crippen molar-refractivity contribution in [1.82, 2.24) is 14.4 Å². The number of carbonyl (C=O) groups excluding carboxylic acids is 1. The second-order valence-electron chi connectivity index (χ2n) is 6.06. The van der Waals surface area contributed by atoms with Gasteiger partial charge in [-0.05, 0) is 31.2 Å². The van der Waals surface area contributed by atoms with Gasteiger partial charge in [-0.15, -0.1) is 0 Å². The Labute approximate surface area is 155 Å². The Morgan fingerprint density at radius 3 is 2.37 bits per heavy atom. The molecule has 0 saturated carbocycles. The third-order valence-electron chi connectivity index (χ3n) is 4.21. The highest BCUT2D eigenvalue weighted by molar-refractivity contribution is 6.00. The number of nitrogens with two attached hydrogens (primary N) is 1. The maximum atomic E-state index is 12.1. The molecule has 134 valence electrons. The molecule has 7 heteroatoms. The molecule has 0 aliphatic heterocycles. The van der Waals surface area contributed by atoms with Crippen LogP contribution in [0.4, 0.5) is 22.0 Å². The van der Waals surface area contributed by atoms with E-state index in [1.807, 2.05) is 72.1 Å². The third kappa shape index (κ3) is 3.30. The lowest BCUT2D eigenvalue weighted by molar-refractivity contribution is 0.262. The van der Waals surface area contributed by atoms with E-state index in [2.05, 4.69) is 20.6 Å². The highest BCUT2D eigenvalue weighted by Crippen LogP contribution is 2.28. The highest BCUT2D eigenvalue weighted by Gasteiger charge is 2.13. The van der Waals surface area contributed by atoms with Crippen molar-refractivity contribution in [2.75, 3.05) is 16.4 Å². The Morgan fingerprint density at radius 2 is 1.67 bits per heavy atom. The van der Waals surface area contributed by atoms with E-state index in [1.165, 1.54) is 0 Å². The quantitative estimate of drug-likeness (QED) is 0.517. The summed E-state index contributed by atoms with van der Waals surface area (Å²) in [5.41, 5.74) is 9.89. The number of rotatable bonds is 3. The molecular formula is C20H18N6O. The Bertz CT molecular complexity index is 1100.